The van der Waals surface area contributed by atoms with Crippen LogP contribution in [0.3, 0.4) is 0 Å². The maximum Gasteiger partial charge on any atom is 0.0947 e. The fourth-order valence-corrected chi connectivity index (χ4v) is 0.830. The zero-order chi connectivity index (χ0) is 7.94. The van der Waals surface area contributed by atoms with Crippen molar-refractivity contribution in [1.82, 2.24) is 0 Å². The standard InChI is InChI=1S/C10H12O/c1-2-9-11-10-7-5-3-4-6-8-10/h2-8,10H,1,9H2. The van der Waals surface area contributed by atoms with Crippen molar-refractivity contribution in [2.45, 2.75) is 6.10 Å². The summed E-state index contributed by atoms with van der Waals surface area (Å²) >= 11 is 0. The van der Waals surface area contributed by atoms with Gasteiger partial charge in [-0.25, -0.2) is 0 Å². The van der Waals surface area contributed by atoms with Crippen molar-refractivity contribution in [2.75, 3.05) is 6.61 Å². The number of hydrogen-bond donors (Lipinski definition) is 0. The lowest BCUT2D eigenvalue weighted by atomic mass is 10.3. The van der Waals surface area contributed by atoms with Gasteiger partial charge < -0.3 is 4.74 Å². The molecule has 0 aromatic rings. The maximum atomic E-state index is 5.38. The van der Waals surface area contributed by atoms with Crippen LogP contribution in [0.1, 0.15) is 0 Å². The molecule has 0 fully saturated rings. The van der Waals surface area contributed by atoms with Crippen molar-refractivity contribution in [3.05, 3.63) is 49.1 Å². The summed E-state index contributed by atoms with van der Waals surface area (Å²) < 4.78 is 5.38. The second-order valence-corrected chi connectivity index (χ2v) is 2.24. The molecule has 0 aliphatic heterocycles. The molecule has 58 valence electrons. The molecular formula is C10H12O. The van der Waals surface area contributed by atoms with Gasteiger partial charge in [-0.3, -0.25) is 0 Å². The first kappa shape index (κ1) is 8.02. The zero-order valence-corrected chi connectivity index (χ0v) is 6.44. The molecule has 1 nitrogen and oxygen atoms in total. The molecule has 0 amide bonds. The first-order chi connectivity index (χ1) is 5.43. The second kappa shape index (κ2) is 4.69. The summed E-state index contributed by atoms with van der Waals surface area (Å²) in [6, 6.07) is 0. The van der Waals surface area contributed by atoms with E-state index < -0.39 is 0 Å². The van der Waals surface area contributed by atoms with Gasteiger partial charge in [-0.05, 0) is 0 Å². The fourth-order valence-electron chi connectivity index (χ4n) is 0.830. The van der Waals surface area contributed by atoms with Crippen LogP contribution >= 0.6 is 0 Å². The van der Waals surface area contributed by atoms with E-state index in [1.54, 1.807) is 6.08 Å². The van der Waals surface area contributed by atoms with Gasteiger partial charge in [0.15, 0.2) is 0 Å². The smallest absolute Gasteiger partial charge is 0.0947 e. The van der Waals surface area contributed by atoms with Crippen LogP contribution in [0.5, 0.6) is 0 Å². The van der Waals surface area contributed by atoms with Crippen molar-refractivity contribution in [1.29, 1.82) is 0 Å². The normalized spacial score (nSPS) is 16.7. The van der Waals surface area contributed by atoms with Gasteiger partial charge in [0.25, 0.3) is 0 Å². The maximum absolute atomic E-state index is 5.38. The first-order valence-electron chi connectivity index (χ1n) is 3.67. The average Bonchev–Trinajstić information content (AvgIpc) is 2.28. The van der Waals surface area contributed by atoms with Crippen LogP contribution in [0, 0.1) is 0 Å². The first-order valence-corrected chi connectivity index (χ1v) is 3.67. The van der Waals surface area contributed by atoms with E-state index in [-0.39, 0.29) is 6.10 Å². The number of rotatable bonds is 3. The molecule has 0 bridgehead atoms. The Hall–Kier alpha value is -1.08. The van der Waals surface area contributed by atoms with Crippen molar-refractivity contribution in [3.63, 3.8) is 0 Å². The predicted octanol–water partition coefficient (Wildman–Crippen LogP) is 2.24. The quantitative estimate of drug-likeness (QED) is 0.558. The Labute approximate surface area is 67.4 Å². The topological polar surface area (TPSA) is 9.23 Å². The zero-order valence-electron chi connectivity index (χ0n) is 6.44. The minimum Gasteiger partial charge on any atom is -0.366 e. The highest BCUT2D eigenvalue weighted by Crippen LogP contribution is 2.01. The van der Waals surface area contributed by atoms with Crippen LogP contribution < -0.4 is 0 Å². The average molecular weight is 148 g/mol. The van der Waals surface area contributed by atoms with E-state index in [0.717, 1.165) is 0 Å². The number of ether oxygens (including phenoxy) is 1. The SMILES string of the molecule is C=CCOC1C=CC=CC=C1. The van der Waals surface area contributed by atoms with Crippen LogP contribution in [0.2, 0.25) is 0 Å². The highest BCUT2D eigenvalue weighted by Gasteiger charge is 1.97. The van der Waals surface area contributed by atoms with E-state index in [1.807, 2.05) is 36.5 Å². The summed E-state index contributed by atoms with van der Waals surface area (Å²) in [5, 5.41) is 0. The minimum atomic E-state index is 0.1000. The molecule has 0 spiro atoms. The van der Waals surface area contributed by atoms with Gasteiger partial charge in [-0.1, -0.05) is 42.5 Å². The lowest BCUT2D eigenvalue weighted by molar-refractivity contribution is 0.142. The molecule has 0 unspecified atom stereocenters. The van der Waals surface area contributed by atoms with Crippen molar-refractivity contribution < 1.29 is 4.74 Å². The van der Waals surface area contributed by atoms with Crippen LogP contribution in [0.25, 0.3) is 0 Å². The Bertz CT molecular complexity index is 183. The molecule has 0 N–H and O–H groups in total. The predicted molar refractivity (Wildman–Crippen MR) is 47.4 cm³/mol. The van der Waals surface area contributed by atoms with Crippen molar-refractivity contribution >= 4 is 0 Å². The molecule has 0 aromatic heterocycles. The molecule has 0 atom stereocenters. The summed E-state index contributed by atoms with van der Waals surface area (Å²) in [5.41, 5.74) is 0. The summed E-state index contributed by atoms with van der Waals surface area (Å²) in [7, 11) is 0. The largest absolute Gasteiger partial charge is 0.366 e. The van der Waals surface area contributed by atoms with Gasteiger partial charge in [0.2, 0.25) is 0 Å². The molecule has 1 heteroatoms. The van der Waals surface area contributed by atoms with Crippen LogP contribution in [-0.2, 0) is 4.74 Å². The monoisotopic (exact) mass is 148 g/mol. The molecule has 11 heavy (non-hydrogen) atoms. The van der Waals surface area contributed by atoms with Gasteiger partial charge in [-0.15, -0.1) is 6.58 Å². The Morgan fingerprint density at radius 2 is 1.82 bits per heavy atom. The molecule has 0 aromatic carbocycles. The molecule has 1 aliphatic rings. The highest BCUT2D eigenvalue weighted by molar-refractivity contribution is 5.20. The second-order valence-electron chi connectivity index (χ2n) is 2.24. The summed E-state index contributed by atoms with van der Waals surface area (Å²) in [6.45, 7) is 4.18. The summed E-state index contributed by atoms with van der Waals surface area (Å²) in [4.78, 5) is 0. The van der Waals surface area contributed by atoms with Crippen LogP contribution in [0.4, 0.5) is 0 Å². The molecule has 0 radical (unpaired) electrons. The van der Waals surface area contributed by atoms with Crippen LogP contribution in [0.15, 0.2) is 49.1 Å². The Kier molecular flexibility index (Phi) is 3.42. The lowest BCUT2D eigenvalue weighted by Gasteiger charge is -2.05. The van der Waals surface area contributed by atoms with E-state index in [4.69, 9.17) is 4.74 Å². The third-order valence-corrected chi connectivity index (χ3v) is 1.34. The van der Waals surface area contributed by atoms with E-state index in [1.165, 1.54) is 0 Å². The van der Waals surface area contributed by atoms with Gasteiger partial charge in [0.1, 0.15) is 0 Å². The third-order valence-electron chi connectivity index (χ3n) is 1.34. The molecular weight excluding hydrogens is 136 g/mol. The van der Waals surface area contributed by atoms with Crippen molar-refractivity contribution in [3.8, 4) is 0 Å². The Morgan fingerprint density at radius 3 is 2.36 bits per heavy atom. The number of allylic oxidation sites excluding steroid dienone is 4. The van der Waals surface area contributed by atoms with Crippen molar-refractivity contribution in [2.24, 2.45) is 0 Å². The molecule has 1 rings (SSSR count). The van der Waals surface area contributed by atoms with Gasteiger partial charge in [-0.2, -0.15) is 0 Å². The van der Waals surface area contributed by atoms with E-state index in [0.29, 0.717) is 6.61 Å². The Morgan fingerprint density at radius 1 is 1.18 bits per heavy atom. The van der Waals surface area contributed by atoms with Crippen LogP contribution in [-0.4, -0.2) is 12.7 Å². The number of hydrogen-bond acceptors (Lipinski definition) is 1. The fraction of sp³-hybridized carbons (Fsp3) is 0.200. The molecule has 0 saturated carbocycles. The summed E-state index contributed by atoms with van der Waals surface area (Å²) in [5.74, 6) is 0. The highest BCUT2D eigenvalue weighted by atomic mass is 16.5. The van der Waals surface area contributed by atoms with E-state index >= 15 is 0 Å². The van der Waals surface area contributed by atoms with Gasteiger partial charge in [0.05, 0.1) is 12.7 Å². The third kappa shape index (κ3) is 3.01. The lowest BCUT2D eigenvalue weighted by Crippen LogP contribution is -2.05. The van der Waals surface area contributed by atoms with E-state index in [2.05, 4.69) is 6.58 Å². The molecule has 0 heterocycles. The minimum absolute atomic E-state index is 0.1000. The van der Waals surface area contributed by atoms with E-state index in [9.17, 15) is 0 Å². The summed E-state index contributed by atoms with van der Waals surface area (Å²) in [6.07, 6.45) is 13.8. The molecule has 0 saturated heterocycles. The Balaban J connectivity index is 2.40. The van der Waals surface area contributed by atoms with Gasteiger partial charge in [0, 0.05) is 0 Å². The molecule has 1 aliphatic carbocycles. The van der Waals surface area contributed by atoms with Gasteiger partial charge >= 0.3 is 0 Å².